The van der Waals surface area contributed by atoms with Gasteiger partial charge in [-0.25, -0.2) is 0 Å². The fraction of sp³-hybridized carbons (Fsp3) is 0.250. The van der Waals surface area contributed by atoms with Gasteiger partial charge >= 0.3 is 0 Å². The molecule has 7 nitrogen and oxygen atoms in total. The molecule has 27 heavy (non-hydrogen) atoms. The second kappa shape index (κ2) is 7.49. The van der Waals surface area contributed by atoms with Gasteiger partial charge in [-0.1, -0.05) is 0 Å². The number of nitrogens with two attached hydrogens (primary N) is 1. The number of methoxy groups -OCH3 is 3. The van der Waals surface area contributed by atoms with Crippen molar-refractivity contribution >= 4 is 22.6 Å². The summed E-state index contributed by atoms with van der Waals surface area (Å²) < 4.78 is 27.0. The molecule has 0 saturated heterocycles. The fourth-order valence-electron chi connectivity index (χ4n) is 2.94. The molecule has 0 unspecified atom stereocenters. The highest BCUT2D eigenvalue weighted by atomic mass is 16.5. The van der Waals surface area contributed by atoms with E-state index < -0.39 is 0 Å². The van der Waals surface area contributed by atoms with Gasteiger partial charge in [0.05, 0.1) is 33.5 Å². The molecule has 0 atom stereocenters. The van der Waals surface area contributed by atoms with Gasteiger partial charge in [0.1, 0.15) is 11.3 Å². The molecule has 3 aromatic rings. The van der Waals surface area contributed by atoms with E-state index in [4.69, 9.17) is 29.1 Å². The third-order valence-electron chi connectivity index (χ3n) is 4.15. The molecule has 0 aliphatic heterocycles. The largest absolute Gasteiger partial charge is 0.494 e. The highest BCUT2D eigenvalue weighted by molar-refractivity contribution is 6.19. The standard InChI is InChI=1S/C20H21NO6/c1-5-26-12-6-7-13-14(10-12)27-20(21)17(13)18(22)11-8-15(23-2)19(25-4)16(9-11)24-3/h6-10H,5,21H2,1-4H3. The summed E-state index contributed by atoms with van der Waals surface area (Å²) in [4.78, 5) is 13.2. The van der Waals surface area contributed by atoms with Crippen molar-refractivity contribution in [3.8, 4) is 23.0 Å². The minimum Gasteiger partial charge on any atom is -0.494 e. The number of nitrogen functional groups attached to an aromatic ring is 1. The van der Waals surface area contributed by atoms with Crippen LogP contribution in [0.1, 0.15) is 22.8 Å². The Hall–Kier alpha value is -3.35. The molecular formula is C20H21NO6. The summed E-state index contributed by atoms with van der Waals surface area (Å²) in [6, 6.07) is 8.40. The van der Waals surface area contributed by atoms with Crippen LogP contribution in [-0.4, -0.2) is 33.7 Å². The normalized spacial score (nSPS) is 10.7. The first kappa shape index (κ1) is 18.4. The Balaban J connectivity index is 2.12. The number of ether oxygens (including phenoxy) is 4. The highest BCUT2D eigenvalue weighted by Gasteiger charge is 2.24. The summed E-state index contributed by atoms with van der Waals surface area (Å²) >= 11 is 0. The third kappa shape index (κ3) is 3.23. The number of carbonyl (C=O) groups excluding carboxylic acids is 1. The average Bonchev–Trinajstić information content (AvgIpc) is 3.01. The molecule has 7 heteroatoms. The van der Waals surface area contributed by atoms with E-state index in [0.29, 0.717) is 46.1 Å². The van der Waals surface area contributed by atoms with Crippen LogP contribution in [-0.2, 0) is 0 Å². The molecule has 0 spiro atoms. The Morgan fingerprint density at radius 2 is 1.70 bits per heavy atom. The van der Waals surface area contributed by atoms with Crippen LogP contribution >= 0.6 is 0 Å². The van der Waals surface area contributed by atoms with Crippen LogP contribution in [0.15, 0.2) is 34.7 Å². The second-order valence-electron chi connectivity index (χ2n) is 5.68. The number of anilines is 1. The Morgan fingerprint density at radius 1 is 1.04 bits per heavy atom. The van der Waals surface area contributed by atoms with Gasteiger partial charge < -0.3 is 29.1 Å². The molecule has 0 saturated carbocycles. The number of hydrogen-bond acceptors (Lipinski definition) is 7. The van der Waals surface area contributed by atoms with E-state index in [1.807, 2.05) is 6.92 Å². The fourth-order valence-corrected chi connectivity index (χ4v) is 2.94. The summed E-state index contributed by atoms with van der Waals surface area (Å²) in [5.41, 5.74) is 7.10. The molecule has 0 bridgehead atoms. The van der Waals surface area contributed by atoms with E-state index >= 15 is 0 Å². The van der Waals surface area contributed by atoms with E-state index in [0.717, 1.165) is 0 Å². The van der Waals surface area contributed by atoms with Gasteiger partial charge in [-0.2, -0.15) is 0 Å². The van der Waals surface area contributed by atoms with Crippen molar-refractivity contribution in [2.24, 2.45) is 0 Å². The van der Waals surface area contributed by atoms with E-state index in [-0.39, 0.29) is 17.2 Å². The first-order valence-electron chi connectivity index (χ1n) is 8.33. The second-order valence-corrected chi connectivity index (χ2v) is 5.68. The maximum Gasteiger partial charge on any atom is 0.203 e. The van der Waals surface area contributed by atoms with E-state index in [2.05, 4.69) is 0 Å². The molecule has 2 N–H and O–H groups in total. The van der Waals surface area contributed by atoms with Crippen LogP contribution in [0.25, 0.3) is 11.0 Å². The van der Waals surface area contributed by atoms with Gasteiger partial charge in [-0.15, -0.1) is 0 Å². The van der Waals surface area contributed by atoms with Crippen molar-refractivity contribution < 1.29 is 28.2 Å². The predicted octanol–water partition coefficient (Wildman–Crippen LogP) is 3.67. The van der Waals surface area contributed by atoms with Crippen LogP contribution in [0.2, 0.25) is 0 Å². The summed E-state index contributed by atoms with van der Waals surface area (Å²) in [7, 11) is 4.48. The monoisotopic (exact) mass is 371 g/mol. The van der Waals surface area contributed by atoms with Crippen LogP contribution in [0.4, 0.5) is 5.88 Å². The van der Waals surface area contributed by atoms with Gasteiger partial charge in [-0.05, 0) is 31.2 Å². The molecule has 142 valence electrons. The highest BCUT2D eigenvalue weighted by Crippen LogP contribution is 2.40. The maximum atomic E-state index is 13.2. The van der Waals surface area contributed by atoms with E-state index in [1.165, 1.54) is 21.3 Å². The molecular weight excluding hydrogens is 350 g/mol. The van der Waals surface area contributed by atoms with Gasteiger partial charge in [-0.3, -0.25) is 4.79 Å². The Kier molecular flexibility index (Phi) is 5.12. The quantitative estimate of drug-likeness (QED) is 0.633. The number of furan rings is 1. The zero-order chi connectivity index (χ0) is 19.6. The Labute approximate surface area is 156 Å². The molecule has 1 aromatic heterocycles. The van der Waals surface area contributed by atoms with E-state index in [1.54, 1.807) is 30.3 Å². The smallest absolute Gasteiger partial charge is 0.203 e. The van der Waals surface area contributed by atoms with Crippen LogP contribution in [0.5, 0.6) is 23.0 Å². The molecule has 0 fully saturated rings. The Bertz CT molecular complexity index is 967. The molecule has 0 radical (unpaired) electrons. The molecule has 0 amide bonds. The molecule has 1 heterocycles. The third-order valence-corrected chi connectivity index (χ3v) is 4.15. The number of ketones is 1. The van der Waals surface area contributed by atoms with Crippen LogP contribution in [0, 0.1) is 0 Å². The summed E-state index contributed by atoms with van der Waals surface area (Å²) in [6.07, 6.45) is 0. The van der Waals surface area contributed by atoms with Crippen molar-refractivity contribution in [2.45, 2.75) is 6.92 Å². The molecule has 0 aliphatic carbocycles. The topological polar surface area (TPSA) is 93.2 Å². The lowest BCUT2D eigenvalue weighted by Crippen LogP contribution is -2.05. The lowest BCUT2D eigenvalue weighted by Gasteiger charge is -2.13. The van der Waals surface area contributed by atoms with Crippen molar-refractivity contribution in [3.05, 3.63) is 41.5 Å². The van der Waals surface area contributed by atoms with Gasteiger partial charge in [0.2, 0.25) is 11.6 Å². The number of fused-ring (bicyclic) bond motifs is 1. The lowest BCUT2D eigenvalue weighted by atomic mass is 10.0. The minimum absolute atomic E-state index is 0.0393. The van der Waals surface area contributed by atoms with Crippen LogP contribution < -0.4 is 24.7 Å². The molecule has 0 aliphatic rings. The predicted molar refractivity (Wildman–Crippen MR) is 101 cm³/mol. The zero-order valence-corrected chi connectivity index (χ0v) is 15.6. The average molecular weight is 371 g/mol. The van der Waals surface area contributed by atoms with Gasteiger partial charge in [0.25, 0.3) is 0 Å². The lowest BCUT2D eigenvalue weighted by molar-refractivity contribution is 0.103. The number of carbonyl (C=O) groups is 1. The SMILES string of the molecule is CCOc1ccc2c(C(=O)c3cc(OC)c(OC)c(OC)c3)c(N)oc2c1. The number of hydrogen-bond donors (Lipinski definition) is 1. The maximum absolute atomic E-state index is 13.2. The summed E-state index contributed by atoms with van der Waals surface area (Å²) in [6.45, 7) is 2.42. The first-order valence-corrected chi connectivity index (χ1v) is 8.33. The molecule has 2 aromatic carbocycles. The first-order chi connectivity index (χ1) is 13.0. The van der Waals surface area contributed by atoms with Crippen molar-refractivity contribution in [1.29, 1.82) is 0 Å². The zero-order valence-electron chi connectivity index (χ0n) is 15.6. The summed E-state index contributed by atoms with van der Waals surface area (Å²) in [5, 5.41) is 0.606. The summed E-state index contributed by atoms with van der Waals surface area (Å²) in [5.74, 6) is 1.54. The minimum atomic E-state index is -0.310. The van der Waals surface area contributed by atoms with Crippen molar-refractivity contribution in [2.75, 3.05) is 33.7 Å². The van der Waals surface area contributed by atoms with E-state index in [9.17, 15) is 4.79 Å². The number of rotatable bonds is 7. The van der Waals surface area contributed by atoms with Gasteiger partial charge in [0.15, 0.2) is 17.3 Å². The van der Waals surface area contributed by atoms with Crippen molar-refractivity contribution in [3.63, 3.8) is 0 Å². The Morgan fingerprint density at radius 3 is 2.26 bits per heavy atom. The number of benzene rings is 2. The molecule has 3 rings (SSSR count). The van der Waals surface area contributed by atoms with Crippen LogP contribution in [0.3, 0.4) is 0 Å². The van der Waals surface area contributed by atoms with Crippen molar-refractivity contribution in [1.82, 2.24) is 0 Å². The van der Waals surface area contributed by atoms with Gasteiger partial charge in [0, 0.05) is 17.0 Å².